The molecule has 0 amide bonds. The molecule has 0 spiro atoms. The average Bonchev–Trinajstić information content (AvgIpc) is 3.35. The molecule has 0 radical (unpaired) electrons. The highest BCUT2D eigenvalue weighted by Crippen LogP contribution is 2.32. The summed E-state index contributed by atoms with van der Waals surface area (Å²) in [5.74, 6) is 1.97. The summed E-state index contributed by atoms with van der Waals surface area (Å²) in [6, 6.07) is 25.9. The maximum absolute atomic E-state index is 6.18. The Morgan fingerprint density at radius 1 is 0.879 bits per heavy atom. The largest absolute Gasteiger partial charge is 0.497 e. The van der Waals surface area contributed by atoms with Crippen molar-refractivity contribution in [2.45, 2.75) is 6.04 Å². The van der Waals surface area contributed by atoms with Gasteiger partial charge in [-0.05, 0) is 42.0 Å². The Hall–Kier alpha value is -3.35. The van der Waals surface area contributed by atoms with Crippen molar-refractivity contribution in [2.75, 3.05) is 38.2 Å². The van der Waals surface area contributed by atoms with Crippen molar-refractivity contribution in [3.05, 3.63) is 95.3 Å². The van der Waals surface area contributed by atoms with Crippen LogP contribution in [0.2, 0.25) is 5.02 Å². The molecular formula is C26H25ClN4O2. The number of halogens is 1. The van der Waals surface area contributed by atoms with E-state index in [0.717, 1.165) is 43.1 Å². The summed E-state index contributed by atoms with van der Waals surface area (Å²) >= 11 is 6.03. The lowest BCUT2D eigenvalue weighted by atomic mass is 10.0. The fourth-order valence-electron chi connectivity index (χ4n) is 4.24. The van der Waals surface area contributed by atoms with Crippen LogP contribution in [0.15, 0.2) is 83.3 Å². The second-order valence-electron chi connectivity index (χ2n) is 7.99. The summed E-state index contributed by atoms with van der Waals surface area (Å²) in [4.78, 5) is 4.79. The van der Waals surface area contributed by atoms with Gasteiger partial charge < -0.3 is 14.1 Å². The number of aromatic nitrogens is 2. The van der Waals surface area contributed by atoms with Gasteiger partial charge in [0.2, 0.25) is 11.8 Å². The molecule has 4 aromatic rings. The Bertz CT molecular complexity index is 1190. The van der Waals surface area contributed by atoms with Crippen molar-refractivity contribution in [3.8, 4) is 17.2 Å². The van der Waals surface area contributed by atoms with Crippen LogP contribution in [-0.4, -0.2) is 48.4 Å². The summed E-state index contributed by atoms with van der Waals surface area (Å²) < 4.78 is 11.6. The monoisotopic (exact) mass is 460 g/mol. The third kappa shape index (κ3) is 4.72. The summed E-state index contributed by atoms with van der Waals surface area (Å²) in [5.41, 5.74) is 3.17. The molecule has 7 heteroatoms. The van der Waals surface area contributed by atoms with E-state index in [1.54, 1.807) is 7.11 Å². The quantitative estimate of drug-likeness (QED) is 0.388. The zero-order chi connectivity index (χ0) is 22.6. The van der Waals surface area contributed by atoms with Crippen LogP contribution in [0.1, 0.15) is 17.5 Å². The number of hydrogen-bond donors (Lipinski definition) is 0. The Balaban J connectivity index is 1.39. The highest BCUT2D eigenvalue weighted by molar-refractivity contribution is 6.30. The fourth-order valence-corrected chi connectivity index (χ4v) is 4.37. The summed E-state index contributed by atoms with van der Waals surface area (Å²) in [6.45, 7) is 3.54. The Morgan fingerprint density at radius 3 is 2.36 bits per heavy atom. The van der Waals surface area contributed by atoms with Gasteiger partial charge in [0.15, 0.2) is 0 Å². The fraction of sp³-hybridized carbons (Fsp3) is 0.231. The molecule has 2 heterocycles. The third-order valence-electron chi connectivity index (χ3n) is 5.98. The van der Waals surface area contributed by atoms with Crippen molar-refractivity contribution < 1.29 is 9.15 Å². The van der Waals surface area contributed by atoms with E-state index >= 15 is 0 Å². The molecule has 0 bridgehead atoms. The maximum Gasteiger partial charge on any atom is 0.247 e. The molecule has 1 aliphatic heterocycles. The second-order valence-corrected chi connectivity index (χ2v) is 8.43. The molecular weight excluding hydrogens is 436 g/mol. The first-order chi connectivity index (χ1) is 16.2. The highest BCUT2D eigenvalue weighted by atomic mass is 35.5. The van der Waals surface area contributed by atoms with E-state index in [1.807, 2.05) is 54.6 Å². The Kier molecular flexibility index (Phi) is 6.28. The molecule has 0 saturated carbocycles. The van der Waals surface area contributed by atoms with E-state index in [4.69, 9.17) is 20.8 Å². The number of piperazine rings is 1. The first-order valence-electron chi connectivity index (χ1n) is 11.0. The maximum atomic E-state index is 6.18. The predicted molar refractivity (Wildman–Crippen MR) is 130 cm³/mol. The molecule has 168 valence electrons. The normalized spacial score (nSPS) is 15.4. The van der Waals surface area contributed by atoms with Crippen molar-refractivity contribution in [2.24, 2.45) is 0 Å². The Labute approximate surface area is 198 Å². The molecule has 5 rings (SSSR count). The third-order valence-corrected chi connectivity index (χ3v) is 6.23. The van der Waals surface area contributed by atoms with Gasteiger partial charge in [0.1, 0.15) is 11.8 Å². The van der Waals surface area contributed by atoms with Gasteiger partial charge in [-0.3, -0.25) is 4.90 Å². The van der Waals surface area contributed by atoms with Crippen molar-refractivity contribution in [3.63, 3.8) is 0 Å². The summed E-state index contributed by atoms with van der Waals surface area (Å²) in [7, 11) is 1.70. The number of benzene rings is 3. The summed E-state index contributed by atoms with van der Waals surface area (Å²) in [5, 5.41) is 9.45. The smallest absolute Gasteiger partial charge is 0.247 e. The minimum Gasteiger partial charge on any atom is -0.497 e. The lowest BCUT2D eigenvalue weighted by molar-refractivity contribution is 0.188. The number of hydrogen-bond acceptors (Lipinski definition) is 6. The van der Waals surface area contributed by atoms with E-state index in [9.17, 15) is 0 Å². The van der Waals surface area contributed by atoms with Crippen LogP contribution in [0.25, 0.3) is 11.5 Å². The van der Waals surface area contributed by atoms with Crippen LogP contribution in [0.5, 0.6) is 5.75 Å². The molecule has 1 saturated heterocycles. The molecule has 33 heavy (non-hydrogen) atoms. The number of nitrogens with zero attached hydrogens (tertiary/aromatic N) is 4. The Morgan fingerprint density at radius 2 is 1.64 bits per heavy atom. The molecule has 1 aliphatic rings. The van der Waals surface area contributed by atoms with Gasteiger partial charge in [-0.1, -0.05) is 48.0 Å². The van der Waals surface area contributed by atoms with Crippen LogP contribution < -0.4 is 9.64 Å². The molecule has 6 nitrogen and oxygen atoms in total. The first kappa shape index (κ1) is 21.5. The lowest BCUT2D eigenvalue weighted by Gasteiger charge is -2.39. The van der Waals surface area contributed by atoms with Crippen molar-refractivity contribution in [1.29, 1.82) is 0 Å². The molecule has 1 atom stereocenters. The van der Waals surface area contributed by atoms with E-state index in [2.05, 4.69) is 44.3 Å². The minimum atomic E-state index is -0.104. The lowest BCUT2D eigenvalue weighted by Crippen LogP contribution is -2.48. The SMILES string of the molecule is COc1cccc(N2CCN(C(c3ccccc3)c3nnc(-c4ccc(Cl)cc4)o3)CC2)c1. The van der Waals surface area contributed by atoms with Crippen LogP contribution in [-0.2, 0) is 0 Å². The first-order valence-corrected chi connectivity index (χ1v) is 11.4. The molecule has 1 fully saturated rings. The number of anilines is 1. The summed E-state index contributed by atoms with van der Waals surface area (Å²) in [6.07, 6.45) is 0. The van der Waals surface area contributed by atoms with Crippen molar-refractivity contribution in [1.82, 2.24) is 15.1 Å². The topological polar surface area (TPSA) is 54.6 Å². The van der Waals surface area contributed by atoms with Gasteiger partial charge in [-0.25, -0.2) is 0 Å². The van der Waals surface area contributed by atoms with Crippen molar-refractivity contribution >= 4 is 17.3 Å². The number of methoxy groups -OCH3 is 1. The zero-order valence-corrected chi connectivity index (χ0v) is 19.2. The molecule has 1 unspecified atom stereocenters. The van der Waals surface area contributed by atoms with Crippen LogP contribution in [0.4, 0.5) is 5.69 Å². The van der Waals surface area contributed by atoms with Crippen LogP contribution in [0.3, 0.4) is 0 Å². The molecule has 0 N–H and O–H groups in total. The molecule has 3 aromatic carbocycles. The average molecular weight is 461 g/mol. The van der Waals surface area contributed by atoms with Gasteiger partial charge in [-0.2, -0.15) is 0 Å². The second kappa shape index (κ2) is 9.65. The van der Waals surface area contributed by atoms with Gasteiger partial charge in [-0.15, -0.1) is 10.2 Å². The highest BCUT2D eigenvalue weighted by Gasteiger charge is 2.30. The van der Waals surface area contributed by atoms with Gasteiger partial charge in [0.05, 0.1) is 7.11 Å². The number of rotatable bonds is 6. The van der Waals surface area contributed by atoms with Gasteiger partial charge in [0.25, 0.3) is 0 Å². The number of ether oxygens (including phenoxy) is 1. The van der Waals surface area contributed by atoms with Gasteiger partial charge >= 0.3 is 0 Å². The standard InChI is InChI=1S/C26H25ClN4O2/c1-32-23-9-5-8-22(18-23)30-14-16-31(17-15-30)24(19-6-3-2-4-7-19)26-29-28-25(33-26)20-10-12-21(27)13-11-20/h2-13,18,24H,14-17H2,1H3. The molecule has 0 aliphatic carbocycles. The molecule has 1 aromatic heterocycles. The zero-order valence-electron chi connectivity index (χ0n) is 18.4. The minimum absolute atomic E-state index is 0.104. The predicted octanol–water partition coefficient (Wildman–Crippen LogP) is 5.31. The van der Waals surface area contributed by atoms with E-state index in [0.29, 0.717) is 16.8 Å². The van der Waals surface area contributed by atoms with Crippen LogP contribution >= 0.6 is 11.6 Å². The van der Waals surface area contributed by atoms with Gasteiger partial charge in [0, 0.05) is 48.5 Å². The van der Waals surface area contributed by atoms with E-state index < -0.39 is 0 Å². The van der Waals surface area contributed by atoms with E-state index in [-0.39, 0.29) is 6.04 Å². The van der Waals surface area contributed by atoms with Crippen LogP contribution in [0, 0.1) is 0 Å². The van der Waals surface area contributed by atoms with E-state index in [1.165, 1.54) is 5.69 Å².